The molecule has 0 bridgehead atoms. The van der Waals surface area contributed by atoms with E-state index in [0.717, 1.165) is 26.2 Å². The van der Waals surface area contributed by atoms with Crippen LogP contribution in [0.5, 0.6) is 0 Å². The molecule has 4 nitrogen and oxygen atoms in total. The molecule has 0 aliphatic carbocycles. The molecular weight excluding hydrogens is 141 g/mol. The summed E-state index contributed by atoms with van der Waals surface area (Å²) in [6.07, 6.45) is 0. The zero-order valence-electron chi connectivity index (χ0n) is 6.89. The molecule has 1 rings (SSSR count). The molecular formula is C6H14BN3O. The van der Waals surface area contributed by atoms with E-state index in [-0.39, 0.29) is 5.91 Å². The van der Waals surface area contributed by atoms with Crippen LogP contribution >= 0.6 is 0 Å². The van der Waals surface area contributed by atoms with E-state index in [1.165, 1.54) is 0 Å². The highest BCUT2D eigenvalue weighted by atomic mass is 16.2. The number of rotatable bonds is 2. The zero-order chi connectivity index (χ0) is 8.10. The molecule has 1 saturated heterocycles. The third kappa shape index (κ3) is 2.51. The molecule has 11 heavy (non-hydrogen) atoms. The second-order valence-corrected chi connectivity index (χ2v) is 2.66. The first kappa shape index (κ1) is 8.55. The molecule has 5 heteroatoms. The molecule has 1 fully saturated rings. The SMILES string of the molecule is BNCC(=O)N1CCNCC1. The number of hydrogen-bond acceptors (Lipinski definition) is 3. The first-order chi connectivity index (χ1) is 5.34. The molecule has 0 radical (unpaired) electrons. The molecule has 1 amide bonds. The summed E-state index contributed by atoms with van der Waals surface area (Å²) in [6.45, 7) is 4.01. The molecule has 1 heterocycles. The van der Waals surface area contributed by atoms with E-state index in [9.17, 15) is 4.79 Å². The molecule has 1 aliphatic heterocycles. The lowest BCUT2D eigenvalue weighted by Gasteiger charge is -2.27. The van der Waals surface area contributed by atoms with Gasteiger partial charge in [-0.25, -0.2) is 0 Å². The highest BCUT2D eigenvalue weighted by Gasteiger charge is 2.14. The van der Waals surface area contributed by atoms with E-state index in [2.05, 4.69) is 10.5 Å². The van der Waals surface area contributed by atoms with Gasteiger partial charge in [-0.3, -0.25) is 4.79 Å². The van der Waals surface area contributed by atoms with E-state index in [1.807, 2.05) is 4.90 Å². The number of carbonyl (C=O) groups excluding carboxylic acids is 1. The summed E-state index contributed by atoms with van der Waals surface area (Å²) in [5.74, 6) is 0.203. The summed E-state index contributed by atoms with van der Waals surface area (Å²) in [6, 6.07) is 0. The number of nitrogens with zero attached hydrogens (tertiary/aromatic N) is 1. The van der Waals surface area contributed by atoms with Gasteiger partial charge in [0.05, 0.1) is 6.54 Å². The van der Waals surface area contributed by atoms with Crippen LogP contribution in [0.3, 0.4) is 0 Å². The summed E-state index contributed by atoms with van der Waals surface area (Å²) >= 11 is 0. The molecule has 0 aromatic rings. The van der Waals surface area contributed by atoms with Crippen molar-refractivity contribution in [1.82, 2.24) is 15.4 Å². The fourth-order valence-corrected chi connectivity index (χ4v) is 1.18. The maximum absolute atomic E-state index is 11.2. The van der Waals surface area contributed by atoms with Crippen LogP contribution in [0, 0.1) is 0 Å². The lowest BCUT2D eigenvalue weighted by molar-refractivity contribution is -0.130. The van der Waals surface area contributed by atoms with Crippen LogP contribution in [0.1, 0.15) is 0 Å². The fourth-order valence-electron chi connectivity index (χ4n) is 1.18. The van der Waals surface area contributed by atoms with E-state index in [0.29, 0.717) is 6.54 Å². The van der Waals surface area contributed by atoms with Gasteiger partial charge < -0.3 is 15.4 Å². The molecule has 62 valence electrons. The summed E-state index contributed by atoms with van der Waals surface area (Å²) in [5.41, 5.74) is 0. The van der Waals surface area contributed by atoms with E-state index in [1.54, 1.807) is 7.98 Å². The lowest BCUT2D eigenvalue weighted by Crippen LogP contribution is -2.48. The molecule has 0 aromatic heterocycles. The molecule has 0 spiro atoms. The average Bonchev–Trinajstić information content (AvgIpc) is 2.07. The molecule has 0 unspecified atom stereocenters. The maximum atomic E-state index is 11.2. The van der Waals surface area contributed by atoms with Gasteiger partial charge in [-0.15, -0.1) is 0 Å². The van der Waals surface area contributed by atoms with Gasteiger partial charge in [0.25, 0.3) is 0 Å². The Morgan fingerprint density at radius 3 is 2.73 bits per heavy atom. The van der Waals surface area contributed by atoms with Gasteiger partial charge >= 0.3 is 0 Å². The minimum Gasteiger partial charge on any atom is -0.354 e. The second-order valence-electron chi connectivity index (χ2n) is 2.66. The highest BCUT2D eigenvalue weighted by Crippen LogP contribution is 1.91. The van der Waals surface area contributed by atoms with Gasteiger partial charge in [0, 0.05) is 26.2 Å². The fraction of sp³-hybridized carbons (Fsp3) is 0.833. The Kier molecular flexibility index (Phi) is 3.39. The predicted octanol–water partition coefficient (Wildman–Crippen LogP) is -2.44. The Balaban J connectivity index is 2.27. The summed E-state index contributed by atoms with van der Waals surface area (Å²) in [5, 5.41) is 6.05. The van der Waals surface area contributed by atoms with Crippen molar-refractivity contribution in [3.8, 4) is 0 Å². The van der Waals surface area contributed by atoms with Crippen LogP contribution in [0.4, 0.5) is 0 Å². The van der Waals surface area contributed by atoms with Crippen molar-refractivity contribution in [3.63, 3.8) is 0 Å². The number of amides is 1. The Morgan fingerprint density at radius 2 is 2.18 bits per heavy atom. The number of hydrogen-bond donors (Lipinski definition) is 2. The van der Waals surface area contributed by atoms with E-state index >= 15 is 0 Å². The van der Waals surface area contributed by atoms with Crippen molar-refractivity contribution in [2.45, 2.75) is 0 Å². The van der Waals surface area contributed by atoms with E-state index in [4.69, 9.17) is 0 Å². The lowest BCUT2D eigenvalue weighted by atomic mass is 10.3. The number of nitrogens with one attached hydrogen (secondary N) is 2. The van der Waals surface area contributed by atoms with Crippen molar-refractivity contribution >= 4 is 13.9 Å². The van der Waals surface area contributed by atoms with Crippen molar-refractivity contribution in [2.24, 2.45) is 0 Å². The van der Waals surface area contributed by atoms with Crippen molar-refractivity contribution in [1.29, 1.82) is 0 Å². The third-order valence-electron chi connectivity index (χ3n) is 1.80. The van der Waals surface area contributed by atoms with Gasteiger partial charge in [0.15, 0.2) is 7.98 Å². The predicted molar refractivity (Wildman–Crippen MR) is 46.0 cm³/mol. The first-order valence-electron chi connectivity index (χ1n) is 3.97. The van der Waals surface area contributed by atoms with Crippen LogP contribution in [0.25, 0.3) is 0 Å². The van der Waals surface area contributed by atoms with Gasteiger partial charge in [0.1, 0.15) is 0 Å². The van der Waals surface area contributed by atoms with Crippen molar-refractivity contribution in [3.05, 3.63) is 0 Å². The smallest absolute Gasteiger partial charge is 0.235 e. The minimum absolute atomic E-state index is 0.203. The topological polar surface area (TPSA) is 44.4 Å². The Morgan fingerprint density at radius 1 is 1.55 bits per heavy atom. The van der Waals surface area contributed by atoms with Gasteiger partial charge in [-0.1, -0.05) is 0 Å². The third-order valence-corrected chi connectivity index (χ3v) is 1.80. The zero-order valence-corrected chi connectivity index (χ0v) is 6.89. The average molecular weight is 155 g/mol. The van der Waals surface area contributed by atoms with Gasteiger partial charge in [-0.05, 0) is 0 Å². The standard InChI is InChI=1S/C6H14BN3O/c7-9-5-6(11)10-3-1-8-2-4-10/h8-9H,1-5,7H2. The first-order valence-corrected chi connectivity index (χ1v) is 3.97. The summed E-state index contributed by atoms with van der Waals surface area (Å²) < 4.78 is 0. The van der Waals surface area contributed by atoms with Crippen LogP contribution in [0.2, 0.25) is 0 Å². The van der Waals surface area contributed by atoms with Gasteiger partial charge in [0.2, 0.25) is 5.91 Å². The van der Waals surface area contributed by atoms with Crippen LogP contribution in [-0.4, -0.2) is 51.5 Å². The Labute approximate surface area is 67.8 Å². The Bertz CT molecular complexity index is 136. The minimum atomic E-state index is 0.203. The second kappa shape index (κ2) is 4.36. The highest BCUT2D eigenvalue weighted by molar-refractivity contribution is 6.06. The summed E-state index contributed by atoms with van der Waals surface area (Å²) in [7, 11) is 1.79. The molecule has 0 saturated carbocycles. The van der Waals surface area contributed by atoms with Crippen molar-refractivity contribution in [2.75, 3.05) is 32.7 Å². The van der Waals surface area contributed by atoms with E-state index < -0.39 is 0 Å². The molecule has 0 aromatic carbocycles. The monoisotopic (exact) mass is 155 g/mol. The quantitative estimate of drug-likeness (QED) is 0.435. The van der Waals surface area contributed by atoms with Gasteiger partial charge in [-0.2, -0.15) is 0 Å². The summed E-state index contributed by atoms with van der Waals surface area (Å²) in [4.78, 5) is 13.1. The van der Waals surface area contributed by atoms with Crippen LogP contribution in [0.15, 0.2) is 0 Å². The molecule has 2 N–H and O–H groups in total. The van der Waals surface area contributed by atoms with Crippen LogP contribution < -0.4 is 10.5 Å². The maximum Gasteiger partial charge on any atom is 0.235 e. The van der Waals surface area contributed by atoms with Crippen LogP contribution in [-0.2, 0) is 4.79 Å². The largest absolute Gasteiger partial charge is 0.354 e. The molecule has 0 atom stereocenters. The van der Waals surface area contributed by atoms with Crippen molar-refractivity contribution < 1.29 is 4.79 Å². The molecule has 1 aliphatic rings. The normalized spacial score (nSPS) is 18.4. The Hall–Kier alpha value is -0.545. The number of carbonyl (C=O) groups is 1. The number of piperazine rings is 1.